The topological polar surface area (TPSA) is 66.6 Å². The average Bonchev–Trinajstić information content (AvgIpc) is 2.41. The van der Waals surface area contributed by atoms with E-state index in [1.54, 1.807) is 18.2 Å². The quantitative estimate of drug-likeness (QED) is 0.855. The number of phenolic OH excluding ortho intramolecular Hbond substituents is 1. The van der Waals surface area contributed by atoms with Gasteiger partial charge in [0.25, 0.3) is 5.91 Å². The number of likely N-dealkylation sites (tertiary alicyclic amines) is 1. The lowest BCUT2D eigenvalue weighted by Crippen LogP contribution is -2.49. The van der Waals surface area contributed by atoms with Crippen molar-refractivity contribution in [2.24, 2.45) is 11.7 Å². The third kappa shape index (κ3) is 2.89. The Morgan fingerprint density at radius 3 is 2.95 bits per heavy atom. The molecule has 2 unspecified atom stereocenters. The normalized spacial score (nSPS) is 23.4. The van der Waals surface area contributed by atoms with Crippen LogP contribution < -0.4 is 5.73 Å². The molecular weight excluding hydrogens is 240 g/mol. The van der Waals surface area contributed by atoms with Gasteiger partial charge in [0, 0.05) is 19.1 Å². The van der Waals surface area contributed by atoms with Gasteiger partial charge in [-0.1, -0.05) is 25.0 Å². The average molecular weight is 262 g/mol. The fraction of sp³-hybridized carbons (Fsp3) is 0.533. The van der Waals surface area contributed by atoms with Gasteiger partial charge in [-0.2, -0.15) is 0 Å². The number of carbonyl (C=O) groups is 1. The van der Waals surface area contributed by atoms with Crippen LogP contribution in [0.1, 0.15) is 35.7 Å². The molecule has 0 bridgehead atoms. The molecule has 1 amide bonds. The van der Waals surface area contributed by atoms with Crippen LogP contribution in [-0.2, 0) is 0 Å². The SMILES string of the molecule is CCC1CN(C(=O)c2cc(C)ccc2O)CCC1N. The summed E-state index contributed by atoms with van der Waals surface area (Å²) in [6.07, 6.45) is 1.81. The van der Waals surface area contributed by atoms with Crippen LogP contribution in [0.2, 0.25) is 0 Å². The van der Waals surface area contributed by atoms with E-state index in [1.807, 2.05) is 11.8 Å². The van der Waals surface area contributed by atoms with Gasteiger partial charge < -0.3 is 15.7 Å². The lowest BCUT2D eigenvalue weighted by molar-refractivity contribution is 0.0646. The number of piperidine rings is 1. The van der Waals surface area contributed by atoms with E-state index in [9.17, 15) is 9.90 Å². The van der Waals surface area contributed by atoms with Gasteiger partial charge in [0.2, 0.25) is 0 Å². The lowest BCUT2D eigenvalue weighted by atomic mass is 9.90. The van der Waals surface area contributed by atoms with Crippen molar-refractivity contribution < 1.29 is 9.90 Å². The molecule has 0 saturated carbocycles. The molecule has 0 aromatic heterocycles. The molecule has 19 heavy (non-hydrogen) atoms. The van der Waals surface area contributed by atoms with Gasteiger partial charge in [0.05, 0.1) is 5.56 Å². The van der Waals surface area contributed by atoms with Gasteiger partial charge >= 0.3 is 0 Å². The Kier molecular flexibility index (Phi) is 4.10. The van der Waals surface area contributed by atoms with Gasteiger partial charge in [-0.05, 0) is 31.4 Å². The number of nitrogens with two attached hydrogens (primary N) is 1. The molecule has 1 saturated heterocycles. The number of aryl methyl sites for hydroxylation is 1. The molecule has 1 aromatic carbocycles. The largest absolute Gasteiger partial charge is 0.507 e. The lowest BCUT2D eigenvalue weighted by Gasteiger charge is -2.36. The molecule has 1 aliphatic heterocycles. The molecular formula is C15H22N2O2. The smallest absolute Gasteiger partial charge is 0.257 e. The summed E-state index contributed by atoms with van der Waals surface area (Å²) in [7, 11) is 0. The zero-order valence-corrected chi connectivity index (χ0v) is 11.6. The summed E-state index contributed by atoms with van der Waals surface area (Å²) in [5.41, 5.74) is 7.43. The van der Waals surface area contributed by atoms with E-state index in [2.05, 4.69) is 6.92 Å². The Labute approximate surface area is 114 Å². The first-order chi connectivity index (χ1) is 9.02. The fourth-order valence-corrected chi connectivity index (χ4v) is 2.66. The zero-order valence-electron chi connectivity index (χ0n) is 11.6. The third-order valence-corrected chi connectivity index (χ3v) is 3.99. The van der Waals surface area contributed by atoms with Gasteiger partial charge in [0.1, 0.15) is 5.75 Å². The molecule has 2 atom stereocenters. The highest BCUT2D eigenvalue weighted by atomic mass is 16.3. The van der Waals surface area contributed by atoms with E-state index in [0.29, 0.717) is 24.6 Å². The van der Waals surface area contributed by atoms with E-state index >= 15 is 0 Å². The van der Waals surface area contributed by atoms with Crippen molar-refractivity contribution in [3.05, 3.63) is 29.3 Å². The summed E-state index contributed by atoms with van der Waals surface area (Å²) in [4.78, 5) is 14.3. The molecule has 4 heteroatoms. The number of aromatic hydroxyl groups is 1. The van der Waals surface area contributed by atoms with Crippen molar-refractivity contribution in [2.45, 2.75) is 32.7 Å². The highest BCUT2D eigenvalue weighted by Gasteiger charge is 2.29. The number of rotatable bonds is 2. The number of carbonyl (C=O) groups excluding carboxylic acids is 1. The first-order valence-electron chi connectivity index (χ1n) is 6.87. The van der Waals surface area contributed by atoms with Crippen molar-refractivity contribution in [1.82, 2.24) is 4.90 Å². The van der Waals surface area contributed by atoms with Gasteiger partial charge in [-0.15, -0.1) is 0 Å². The van der Waals surface area contributed by atoms with Crippen LogP contribution in [0.4, 0.5) is 0 Å². The third-order valence-electron chi connectivity index (χ3n) is 3.99. The van der Waals surface area contributed by atoms with E-state index < -0.39 is 0 Å². The monoisotopic (exact) mass is 262 g/mol. The Morgan fingerprint density at radius 2 is 2.26 bits per heavy atom. The van der Waals surface area contributed by atoms with Crippen molar-refractivity contribution in [3.8, 4) is 5.75 Å². The summed E-state index contributed by atoms with van der Waals surface area (Å²) < 4.78 is 0. The number of hydrogen-bond donors (Lipinski definition) is 2. The Balaban J connectivity index is 2.18. The van der Waals surface area contributed by atoms with E-state index in [1.165, 1.54) is 0 Å². The summed E-state index contributed by atoms with van der Waals surface area (Å²) in [5, 5.41) is 9.84. The predicted molar refractivity (Wildman–Crippen MR) is 75.1 cm³/mol. The second-order valence-corrected chi connectivity index (χ2v) is 5.39. The molecule has 1 heterocycles. The molecule has 0 aliphatic carbocycles. The maximum Gasteiger partial charge on any atom is 0.257 e. The number of hydrogen-bond acceptors (Lipinski definition) is 3. The highest BCUT2D eigenvalue weighted by Crippen LogP contribution is 2.24. The van der Waals surface area contributed by atoms with Crippen molar-refractivity contribution in [2.75, 3.05) is 13.1 Å². The van der Waals surface area contributed by atoms with Gasteiger partial charge in [-0.3, -0.25) is 4.79 Å². The van der Waals surface area contributed by atoms with Crippen LogP contribution in [0, 0.1) is 12.8 Å². The Hall–Kier alpha value is -1.55. The van der Waals surface area contributed by atoms with E-state index in [0.717, 1.165) is 18.4 Å². The predicted octanol–water partition coefficient (Wildman–Crippen LogP) is 1.90. The Bertz CT molecular complexity index is 473. The number of amides is 1. The van der Waals surface area contributed by atoms with Crippen LogP contribution in [0.5, 0.6) is 5.75 Å². The zero-order chi connectivity index (χ0) is 14.0. The highest BCUT2D eigenvalue weighted by molar-refractivity contribution is 5.97. The molecule has 104 valence electrons. The molecule has 4 nitrogen and oxygen atoms in total. The number of phenols is 1. The summed E-state index contributed by atoms with van der Waals surface area (Å²) in [6, 6.07) is 5.30. The van der Waals surface area contributed by atoms with Crippen LogP contribution in [-0.4, -0.2) is 35.0 Å². The summed E-state index contributed by atoms with van der Waals surface area (Å²) in [6.45, 7) is 5.37. The molecule has 2 rings (SSSR count). The van der Waals surface area contributed by atoms with E-state index in [4.69, 9.17) is 5.73 Å². The van der Waals surface area contributed by atoms with Crippen molar-refractivity contribution in [3.63, 3.8) is 0 Å². The molecule has 1 aromatic rings. The maximum absolute atomic E-state index is 12.5. The van der Waals surface area contributed by atoms with Crippen LogP contribution >= 0.6 is 0 Å². The molecule has 0 spiro atoms. The second kappa shape index (κ2) is 5.61. The summed E-state index contributed by atoms with van der Waals surface area (Å²) in [5.74, 6) is 0.315. The van der Waals surface area contributed by atoms with Crippen molar-refractivity contribution in [1.29, 1.82) is 0 Å². The second-order valence-electron chi connectivity index (χ2n) is 5.39. The molecule has 0 radical (unpaired) electrons. The first-order valence-corrected chi connectivity index (χ1v) is 6.87. The molecule has 1 aliphatic rings. The number of nitrogens with zero attached hydrogens (tertiary/aromatic N) is 1. The minimum Gasteiger partial charge on any atom is -0.507 e. The molecule has 3 N–H and O–H groups in total. The van der Waals surface area contributed by atoms with Crippen LogP contribution in [0.25, 0.3) is 0 Å². The van der Waals surface area contributed by atoms with Crippen LogP contribution in [0.3, 0.4) is 0 Å². The fourth-order valence-electron chi connectivity index (χ4n) is 2.66. The minimum atomic E-state index is -0.0912. The first kappa shape index (κ1) is 13.9. The number of benzene rings is 1. The van der Waals surface area contributed by atoms with Gasteiger partial charge in [-0.25, -0.2) is 0 Å². The van der Waals surface area contributed by atoms with Crippen molar-refractivity contribution >= 4 is 5.91 Å². The van der Waals surface area contributed by atoms with Crippen LogP contribution in [0.15, 0.2) is 18.2 Å². The minimum absolute atomic E-state index is 0.0542. The standard InChI is InChI=1S/C15H22N2O2/c1-3-11-9-17(7-6-13(11)16)15(19)12-8-10(2)4-5-14(12)18/h4-5,8,11,13,18H,3,6-7,9,16H2,1-2H3. The maximum atomic E-state index is 12.5. The molecule has 1 fully saturated rings. The van der Waals surface area contributed by atoms with Gasteiger partial charge in [0.15, 0.2) is 0 Å². The Morgan fingerprint density at radius 1 is 1.53 bits per heavy atom. The van der Waals surface area contributed by atoms with E-state index in [-0.39, 0.29) is 17.7 Å². The summed E-state index contributed by atoms with van der Waals surface area (Å²) >= 11 is 0.